The summed E-state index contributed by atoms with van der Waals surface area (Å²) in [5.41, 5.74) is 3.53. The monoisotopic (exact) mass is 434 g/mol. The van der Waals surface area contributed by atoms with Gasteiger partial charge in [-0.3, -0.25) is 9.59 Å². The molecule has 6 heteroatoms. The molecule has 168 valence electrons. The van der Waals surface area contributed by atoms with Crippen molar-refractivity contribution in [1.29, 1.82) is 0 Å². The highest BCUT2D eigenvalue weighted by molar-refractivity contribution is 6.02. The first-order valence-electron chi connectivity index (χ1n) is 11.6. The zero-order valence-electron chi connectivity index (χ0n) is 18.7. The van der Waals surface area contributed by atoms with E-state index in [4.69, 9.17) is 9.47 Å². The second-order valence-electron chi connectivity index (χ2n) is 9.01. The van der Waals surface area contributed by atoms with Crippen LogP contribution in [0.3, 0.4) is 0 Å². The maximum absolute atomic E-state index is 13.8. The average Bonchev–Trinajstić information content (AvgIpc) is 2.84. The minimum absolute atomic E-state index is 0.00965. The normalized spacial score (nSPS) is 22.4. The van der Waals surface area contributed by atoms with Crippen LogP contribution < -0.4 is 14.8 Å². The highest BCUT2D eigenvalue weighted by Gasteiger charge is 2.47. The molecule has 2 heterocycles. The molecule has 2 aromatic rings. The fourth-order valence-corrected chi connectivity index (χ4v) is 5.67. The molecule has 2 atom stereocenters. The average molecular weight is 435 g/mol. The molecular weight excluding hydrogens is 404 g/mol. The van der Waals surface area contributed by atoms with E-state index in [9.17, 15) is 9.59 Å². The number of nitrogens with zero attached hydrogens (tertiary/aromatic N) is 1. The molecular formula is C26H30N2O4. The summed E-state index contributed by atoms with van der Waals surface area (Å²) in [4.78, 5) is 29.3. The van der Waals surface area contributed by atoms with Crippen LogP contribution in [0.4, 0.5) is 0 Å². The molecule has 0 aromatic heterocycles. The van der Waals surface area contributed by atoms with Crippen LogP contribution in [-0.4, -0.2) is 43.5 Å². The van der Waals surface area contributed by atoms with E-state index in [1.807, 2.05) is 23.1 Å². The van der Waals surface area contributed by atoms with Gasteiger partial charge in [0.15, 0.2) is 11.5 Å². The Morgan fingerprint density at radius 3 is 2.47 bits per heavy atom. The Hall–Kier alpha value is -3.02. The number of benzene rings is 2. The molecule has 1 fully saturated rings. The van der Waals surface area contributed by atoms with Gasteiger partial charge in [0.25, 0.3) is 5.91 Å². The van der Waals surface area contributed by atoms with E-state index in [0.29, 0.717) is 23.6 Å². The van der Waals surface area contributed by atoms with Crippen molar-refractivity contribution in [3.05, 3.63) is 58.7 Å². The lowest BCUT2D eigenvalue weighted by molar-refractivity contribution is -0.125. The lowest BCUT2D eigenvalue weighted by Crippen LogP contribution is -2.51. The Morgan fingerprint density at radius 2 is 1.72 bits per heavy atom. The molecule has 1 aliphatic carbocycles. The summed E-state index contributed by atoms with van der Waals surface area (Å²) in [7, 11) is 3.14. The van der Waals surface area contributed by atoms with Crippen molar-refractivity contribution in [2.24, 2.45) is 0 Å². The van der Waals surface area contributed by atoms with E-state index in [0.717, 1.165) is 43.2 Å². The molecule has 0 unspecified atom stereocenters. The molecule has 0 spiro atoms. The van der Waals surface area contributed by atoms with Gasteiger partial charge in [-0.2, -0.15) is 0 Å². The topological polar surface area (TPSA) is 67.9 Å². The van der Waals surface area contributed by atoms with Gasteiger partial charge in [0.05, 0.1) is 26.2 Å². The molecule has 5 rings (SSSR count). The summed E-state index contributed by atoms with van der Waals surface area (Å²) < 4.78 is 11.0. The SMILES string of the molecule is COc1cc2c(cc1OC)[C@@H](C(=O)NC1CCCCC1)[C@@H]1c3ccccc3CCN1C2=O. The van der Waals surface area contributed by atoms with Crippen LogP contribution in [0.5, 0.6) is 11.5 Å². The Kier molecular flexibility index (Phi) is 5.53. The Balaban J connectivity index is 1.64. The van der Waals surface area contributed by atoms with Gasteiger partial charge in [-0.15, -0.1) is 0 Å². The number of fused-ring (bicyclic) bond motifs is 4. The minimum Gasteiger partial charge on any atom is -0.493 e. The molecule has 6 nitrogen and oxygen atoms in total. The van der Waals surface area contributed by atoms with Crippen LogP contribution in [0.25, 0.3) is 0 Å². The van der Waals surface area contributed by atoms with Gasteiger partial charge in [-0.05, 0) is 48.1 Å². The van der Waals surface area contributed by atoms with E-state index in [1.54, 1.807) is 20.3 Å². The molecule has 0 saturated heterocycles. The predicted molar refractivity (Wildman–Crippen MR) is 121 cm³/mol. The first kappa shape index (κ1) is 20.9. The Bertz CT molecular complexity index is 1040. The van der Waals surface area contributed by atoms with E-state index in [-0.39, 0.29) is 23.9 Å². The Labute approximate surface area is 188 Å². The molecule has 0 radical (unpaired) electrons. The zero-order valence-corrected chi connectivity index (χ0v) is 18.7. The number of hydrogen-bond donors (Lipinski definition) is 1. The van der Waals surface area contributed by atoms with Crippen molar-refractivity contribution >= 4 is 11.8 Å². The smallest absolute Gasteiger partial charge is 0.254 e. The first-order valence-corrected chi connectivity index (χ1v) is 11.6. The minimum atomic E-state index is -0.495. The number of nitrogens with one attached hydrogen (secondary N) is 1. The molecule has 3 aliphatic rings. The van der Waals surface area contributed by atoms with Crippen LogP contribution in [0.15, 0.2) is 36.4 Å². The van der Waals surface area contributed by atoms with Gasteiger partial charge in [0.2, 0.25) is 5.91 Å². The van der Waals surface area contributed by atoms with Gasteiger partial charge >= 0.3 is 0 Å². The lowest BCUT2D eigenvalue weighted by Gasteiger charge is -2.45. The molecule has 2 aliphatic heterocycles. The van der Waals surface area contributed by atoms with Crippen molar-refractivity contribution in [2.75, 3.05) is 20.8 Å². The third kappa shape index (κ3) is 3.42. The summed E-state index contributed by atoms with van der Waals surface area (Å²) >= 11 is 0. The van der Waals surface area contributed by atoms with Gasteiger partial charge < -0.3 is 19.7 Å². The lowest BCUT2D eigenvalue weighted by atomic mass is 9.75. The van der Waals surface area contributed by atoms with Crippen LogP contribution in [0.1, 0.15) is 71.1 Å². The zero-order chi connectivity index (χ0) is 22.2. The molecule has 1 N–H and O–H groups in total. The first-order chi connectivity index (χ1) is 15.6. The summed E-state index contributed by atoms with van der Waals surface area (Å²) in [5.74, 6) is 0.478. The van der Waals surface area contributed by atoms with Crippen LogP contribution in [0, 0.1) is 0 Å². The number of carbonyl (C=O) groups excluding carboxylic acids is 2. The van der Waals surface area contributed by atoms with E-state index < -0.39 is 5.92 Å². The number of amides is 2. The van der Waals surface area contributed by atoms with Gasteiger partial charge in [-0.25, -0.2) is 0 Å². The summed E-state index contributed by atoms with van der Waals surface area (Å²) in [5, 5.41) is 3.33. The largest absolute Gasteiger partial charge is 0.493 e. The van der Waals surface area contributed by atoms with Gasteiger partial charge in [0, 0.05) is 18.2 Å². The third-order valence-corrected chi connectivity index (χ3v) is 7.26. The highest BCUT2D eigenvalue weighted by Crippen LogP contribution is 2.48. The van der Waals surface area contributed by atoms with Crippen LogP contribution >= 0.6 is 0 Å². The summed E-state index contributed by atoms with van der Waals surface area (Å²) in [6.07, 6.45) is 6.34. The van der Waals surface area contributed by atoms with Crippen molar-refractivity contribution in [3.8, 4) is 11.5 Å². The number of rotatable bonds is 4. The number of methoxy groups -OCH3 is 2. The molecule has 2 aromatic carbocycles. The van der Waals surface area contributed by atoms with Gasteiger partial charge in [-0.1, -0.05) is 43.5 Å². The van der Waals surface area contributed by atoms with Crippen molar-refractivity contribution in [3.63, 3.8) is 0 Å². The number of hydrogen-bond acceptors (Lipinski definition) is 4. The molecule has 32 heavy (non-hydrogen) atoms. The van der Waals surface area contributed by atoms with Crippen LogP contribution in [0.2, 0.25) is 0 Å². The van der Waals surface area contributed by atoms with Crippen molar-refractivity contribution in [1.82, 2.24) is 10.2 Å². The quantitative estimate of drug-likeness (QED) is 0.790. The van der Waals surface area contributed by atoms with Crippen molar-refractivity contribution in [2.45, 2.75) is 56.5 Å². The number of carbonyl (C=O) groups is 2. The van der Waals surface area contributed by atoms with Gasteiger partial charge in [0.1, 0.15) is 0 Å². The number of ether oxygens (including phenoxy) is 2. The molecule has 0 bridgehead atoms. The second-order valence-corrected chi connectivity index (χ2v) is 9.01. The van der Waals surface area contributed by atoms with E-state index >= 15 is 0 Å². The maximum atomic E-state index is 13.8. The fourth-order valence-electron chi connectivity index (χ4n) is 5.67. The second kappa shape index (κ2) is 8.49. The Morgan fingerprint density at radius 1 is 1.00 bits per heavy atom. The standard InChI is InChI=1S/C26H30N2O4/c1-31-21-14-19-20(15-22(21)32-2)26(30)28-13-12-16-8-6-7-11-18(16)24(28)23(19)25(29)27-17-9-4-3-5-10-17/h6-8,11,14-15,17,23-24H,3-5,9-10,12-13H2,1-2H3,(H,27,29)/t23-,24+/m1/s1. The fraction of sp³-hybridized carbons (Fsp3) is 0.462. The summed E-state index contributed by atoms with van der Waals surface area (Å²) in [6, 6.07) is 11.6. The predicted octanol–water partition coefficient (Wildman–Crippen LogP) is 3.99. The van der Waals surface area contributed by atoms with E-state index in [2.05, 4.69) is 17.4 Å². The highest BCUT2D eigenvalue weighted by atomic mass is 16.5. The van der Waals surface area contributed by atoms with Crippen molar-refractivity contribution < 1.29 is 19.1 Å². The maximum Gasteiger partial charge on any atom is 0.254 e. The third-order valence-electron chi connectivity index (χ3n) is 7.26. The molecule has 1 saturated carbocycles. The molecule has 2 amide bonds. The summed E-state index contributed by atoms with van der Waals surface area (Å²) in [6.45, 7) is 0.599. The van der Waals surface area contributed by atoms with Crippen LogP contribution in [-0.2, 0) is 11.2 Å². The van der Waals surface area contributed by atoms with E-state index in [1.165, 1.54) is 12.0 Å².